The third kappa shape index (κ3) is 5.73. The number of rotatable bonds is 7. The summed E-state index contributed by atoms with van der Waals surface area (Å²) in [6.07, 6.45) is 0. The molecule has 2 rings (SSSR count). The standard InChI is InChI=1S/C18H21N3O4S/c1-4-25-17(24)12-5-7-13(8-6-12)19-16(23)10-26-18-20-14(11(2)3)9-15(22)21-18/h5-9,11H,4,10H2,1-3H3,(H,19,23)(H,20,21,22). The van der Waals surface area contributed by atoms with Gasteiger partial charge in [-0.1, -0.05) is 25.6 Å². The summed E-state index contributed by atoms with van der Waals surface area (Å²) in [5.41, 5.74) is 1.44. The number of hydrogen-bond donors (Lipinski definition) is 2. The first-order valence-corrected chi connectivity index (χ1v) is 9.18. The number of aromatic nitrogens is 2. The largest absolute Gasteiger partial charge is 0.462 e. The zero-order valence-corrected chi connectivity index (χ0v) is 15.7. The summed E-state index contributed by atoms with van der Waals surface area (Å²) in [7, 11) is 0. The molecule has 1 aromatic heterocycles. The molecular formula is C18H21N3O4S. The Kier molecular flexibility index (Phi) is 6.97. The van der Waals surface area contributed by atoms with Crippen molar-refractivity contribution >= 4 is 29.3 Å². The van der Waals surface area contributed by atoms with E-state index >= 15 is 0 Å². The monoisotopic (exact) mass is 375 g/mol. The third-order valence-electron chi connectivity index (χ3n) is 3.35. The predicted octanol–water partition coefficient (Wildman–Crippen LogP) is 2.80. The summed E-state index contributed by atoms with van der Waals surface area (Å²) >= 11 is 1.16. The van der Waals surface area contributed by atoms with Crippen LogP contribution in [-0.4, -0.2) is 34.2 Å². The van der Waals surface area contributed by atoms with E-state index in [9.17, 15) is 14.4 Å². The van der Waals surface area contributed by atoms with Crippen LogP contribution in [0.1, 0.15) is 42.7 Å². The molecule has 0 aliphatic heterocycles. The first-order valence-electron chi connectivity index (χ1n) is 8.20. The van der Waals surface area contributed by atoms with Crippen LogP contribution in [0.5, 0.6) is 0 Å². The molecule has 7 nitrogen and oxygen atoms in total. The van der Waals surface area contributed by atoms with Crippen LogP contribution in [0, 0.1) is 0 Å². The highest BCUT2D eigenvalue weighted by Crippen LogP contribution is 2.16. The van der Waals surface area contributed by atoms with Gasteiger partial charge in [-0.25, -0.2) is 9.78 Å². The smallest absolute Gasteiger partial charge is 0.338 e. The number of carbonyl (C=O) groups excluding carboxylic acids is 2. The average Bonchev–Trinajstić information content (AvgIpc) is 2.60. The van der Waals surface area contributed by atoms with Gasteiger partial charge in [0, 0.05) is 11.8 Å². The minimum atomic E-state index is -0.402. The Bertz CT molecular complexity index is 831. The van der Waals surface area contributed by atoms with Gasteiger partial charge in [-0.3, -0.25) is 9.59 Å². The van der Waals surface area contributed by atoms with Crippen LogP contribution in [0.4, 0.5) is 5.69 Å². The van der Waals surface area contributed by atoms with Crippen molar-refractivity contribution in [3.05, 3.63) is 51.9 Å². The normalized spacial score (nSPS) is 10.6. The predicted molar refractivity (Wildman–Crippen MR) is 101 cm³/mol. The molecule has 0 aliphatic rings. The van der Waals surface area contributed by atoms with Crippen molar-refractivity contribution in [2.45, 2.75) is 31.8 Å². The molecule has 2 N–H and O–H groups in total. The van der Waals surface area contributed by atoms with E-state index in [4.69, 9.17) is 4.74 Å². The number of aromatic amines is 1. The highest BCUT2D eigenvalue weighted by molar-refractivity contribution is 7.99. The fraction of sp³-hybridized carbons (Fsp3) is 0.333. The molecule has 0 spiro atoms. The zero-order valence-electron chi connectivity index (χ0n) is 14.9. The van der Waals surface area contributed by atoms with Gasteiger partial charge in [-0.2, -0.15) is 0 Å². The molecule has 0 saturated heterocycles. The molecule has 0 unspecified atom stereocenters. The molecule has 138 valence electrons. The molecule has 0 fully saturated rings. The quantitative estimate of drug-likeness (QED) is 0.438. The van der Waals surface area contributed by atoms with Crippen molar-refractivity contribution in [2.75, 3.05) is 17.7 Å². The molecule has 0 saturated carbocycles. The molecule has 0 bridgehead atoms. The number of ether oxygens (including phenoxy) is 1. The van der Waals surface area contributed by atoms with Gasteiger partial charge in [0.25, 0.3) is 5.56 Å². The van der Waals surface area contributed by atoms with E-state index in [2.05, 4.69) is 15.3 Å². The maximum atomic E-state index is 12.1. The lowest BCUT2D eigenvalue weighted by molar-refractivity contribution is -0.113. The van der Waals surface area contributed by atoms with Gasteiger partial charge in [-0.15, -0.1) is 0 Å². The number of anilines is 1. The van der Waals surface area contributed by atoms with Gasteiger partial charge in [0.1, 0.15) is 0 Å². The van der Waals surface area contributed by atoms with Gasteiger partial charge in [0.05, 0.1) is 23.6 Å². The van der Waals surface area contributed by atoms with Crippen LogP contribution in [0.3, 0.4) is 0 Å². The number of H-pyrrole nitrogens is 1. The lowest BCUT2D eigenvalue weighted by Crippen LogP contribution is -2.16. The van der Waals surface area contributed by atoms with Crippen LogP contribution in [0.2, 0.25) is 0 Å². The minimum Gasteiger partial charge on any atom is -0.462 e. The fourth-order valence-corrected chi connectivity index (χ4v) is 2.74. The van der Waals surface area contributed by atoms with Crippen molar-refractivity contribution in [1.82, 2.24) is 9.97 Å². The Morgan fingerprint density at radius 1 is 1.27 bits per heavy atom. The van der Waals surface area contributed by atoms with Gasteiger partial charge in [0.15, 0.2) is 5.16 Å². The second-order valence-corrected chi connectivity index (χ2v) is 6.73. The van der Waals surface area contributed by atoms with Crippen LogP contribution >= 0.6 is 11.8 Å². The summed E-state index contributed by atoms with van der Waals surface area (Å²) in [4.78, 5) is 42.3. The molecule has 26 heavy (non-hydrogen) atoms. The van der Waals surface area contributed by atoms with Gasteiger partial charge in [-0.05, 0) is 37.1 Å². The van der Waals surface area contributed by atoms with Crippen molar-refractivity contribution < 1.29 is 14.3 Å². The molecule has 1 aromatic carbocycles. The number of hydrogen-bond acceptors (Lipinski definition) is 6. The molecule has 0 radical (unpaired) electrons. The van der Waals surface area contributed by atoms with E-state index in [-0.39, 0.29) is 23.1 Å². The fourth-order valence-electron chi connectivity index (χ4n) is 2.05. The zero-order chi connectivity index (χ0) is 19.1. The lowest BCUT2D eigenvalue weighted by atomic mass is 10.1. The second-order valence-electron chi connectivity index (χ2n) is 5.76. The molecule has 1 amide bonds. The third-order valence-corrected chi connectivity index (χ3v) is 4.22. The van der Waals surface area contributed by atoms with E-state index in [0.717, 1.165) is 11.8 Å². The number of amides is 1. The molecular weight excluding hydrogens is 354 g/mol. The van der Waals surface area contributed by atoms with Crippen molar-refractivity contribution in [1.29, 1.82) is 0 Å². The van der Waals surface area contributed by atoms with E-state index in [0.29, 0.717) is 28.7 Å². The molecule has 8 heteroatoms. The Morgan fingerprint density at radius 2 is 1.96 bits per heavy atom. The molecule has 0 aliphatic carbocycles. The van der Waals surface area contributed by atoms with Crippen LogP contribution < -0.4 is 10.9 Å². The van der Waals surface area contributed by atoms with E-state index in [1.807, 2.05) is 13.8 Å². The lowest BCUT2D eigenvalue weighted by Gasteiger charge is -2.08. The summed E-state index contributed by atoms with van der Waals surface area (Å²) in [6.45, 7) is 5.94. The number of esters is 1. The average molecular weight is 375 g/mol. The molecule has 1 heterocycles. The topological polar surface area (TPSA) is 101 Å². The number of thioether (sulfide) groups is 1. The minimum absolute atomic E-state index is 0.101. The number of benzene rings is 1. The second kappa shape index (κ2) is 9.19. The maximum Gasteiger partial charge on any atom is 0.338 e. The summed E-state index contributed by atoms with van der Waals surface area (Å²) in [6, 6.07) is 7.90. The highest BCUT2D eigenvalue weighted by Gasteiger charge is 2.10. The van der Waals surface area contributed by atoms with E-state index in [1.165, 1.54) is 6.07 Å². The number of nitrogens with zero attached hydrogens (tertiary/aromatic N) is 1. The van der Waals surface area contributed by atoms with Crippen molar-refractivity contribution in [3.63, 3.8) is 0 Å². The maximum absolute atomic E-state index is 12.1. The van der Waals surface area contributed by atoms with Crippen LogP contribution in [0.15, 0.2) is 40.3 Å². The van der Waals surface area contributed by atoms with Gasteiger partial charge >= 0.3 is 5.97 Å². The first-order chi connectivity index (χ1) is 12.4. The number of carbonyl (C=O) groups is 2. The Hall–Kier alpha value is -2.61. The summed E-state index contributed by atoms with van der Waals surface area (Å²) < 4.78 is 4.91. The Labute approximate surface area is 155 Å². The van der Waals surface area contributed by atoms with E-state index in [1.54, 1.807) is 31.2 Å². The summed E-state index contributed by atoms with van der Waals surface area (Å²) in [5, 5.41) is 3.14. The molecule has 0 atom stereocenters. The van der Waals surface area contributed by atoms with Crippen molar-refractivity contribution in [2.24, 2.45) is 0 Å². The SMILES string of the molecule is CCOC(=O)c1ccc(NC(=O)CSc2nc(C(C)C)cc(=O)[nH]2)cc1. The van der Waals surface area contributed by atoms with Crippen molar-refractivity contribution in [3.8, 4) is 0 Å². The van der Waals surface area contributed by atoms with Gasteiger partial charge in [0.2, 0.25) is 5.91 Å². The Morgan fingerprint density at radius 3 is 2.58 bits per heavy atom. The summed E-state index contributed by atoms with van der Waals surface area (Å²) in [5.74, 6) is -0.412. The molecule has 2 aromatic rings. The first kappa shape index (κ1) is 19.7. The Balaban J connectivity index is 1.93. The highest BCUT2D eigenvalue weighted by atomic mass is 32.2. The van der Waals surface area contributed by atoms with Crippen LogP contribution in [-0.2, 0) is 9.53 Å². The number of nitrogens with one attached hydrogen (secondary N) is 2. The van der Waals surface area contributed by atoms with E-state index < -0.39 is 5.97 Å². The van der Waals surface area contributed by atoms with Crippen LogP contribution in [0.25, 0.3) is 0 Å². The van der Waals surface area contributed by atoms with Gasteiger partial charge < -0.3 is 15.0 Å².